The average molecular weight is 545 g/mol. The van der Waals surface area contributed by atoms with Gasteiger partial charge in [-0.2, -0.15) is 4.52 Å². The van der Waals surface area contributed by atoms with Crippen LogP contribution in [-0.2, 0) is 11.2 Å². The number of aryl methyl sites for hydroxylation is 1. The smallest absolute Gasteiger partial charge is 0.321 e. The van der Waals surface area contributed by atoms with Crippen LogP contribution in [0, 0.1) is 17.8 Å². The molecule has 2 saturated heterocycles. The summed E-state index contributed by atoms with van der Waals surface area (Å²) in [5.74, 6) is 1.33. The number of aliphatic carboxylic acids is 1. The van der Waals surface area contributed by atoms with Crippen molar-refractivity contribution in [1.29, 1.82) is 0 Å². The van der Waals surface area contributed by atoms with E-state index in [4.69, 9.17) is 0 Å². The molecule has 0 radical (unpaired) electrons. The second-order valence-corrected chi connectivity index (χ2v) is 12.5. The maximum Gasteiger partial charge on any atom is 0.321 e. The summed E-state index contributed by atoms with van der Waals surface area (Å²) in [5.41, 5.74) is 3.37. The minimum absolute atomic E-state index is 0.296. The Morgan fingerprint density at radius 1 is 0.950 bits per heavy atom. The third-order valence-electron chi connectivity index (χ3n) is 9.98. The van der Waals surface area contributed by atoms with E-state index < -0.39 is 5.97 Å². The van der Waals surface area contributed by atoms with Crippen LogP contribution in [-0.4, -0.2) is 79.7 Å². The van der Waals surface area contributed by atoms with E-state index in [1.807, 2.05) is 16.6 Å². The Kier molecular flexibility index (Phi) is 8.73. The SMILES string of the molecule is O=C(O)[C@@H](C1CCCCC1)N1C[C@H](CN2CCC(CCCc3cccc4nnnn34)CC2)[C@@H](c2ccccc2)C1. The number of pyridine rings is 1. The third kappa shape index (κ3) is 6.23. The summed E-state index contributed by atoms with van der Waals surface area (Å²) in [6.07, 6.45) is 11.6. The number of carboxylic acids is 1. The van der Waals surface area contributed by atoms with Crippen molar-refractivity contribution < 1.29 is 9.90 Å². The molecular weight excluding hydrogens is 500 g/mol. The number of carbonyl (C=O) groups is 1. The fourth-order valence-electron chi connectivity index (χ4n) is 7.87. The van der Waals surface area contributed by atoms with Crippen molar-refractivity contribution in [2.45, 2.75) is 76.2 Å². The van der Waals surface area contributed by atoms with Crippen LogP contribution in [0.4, 0.5) is 0 Å². The molecule has 40 heavy (non-hydrogen) atoms. The fraction of sp³-hybridized carbons (Fsp3) is 0.625. The zero-order valence-electron chi connectivity index (χ0n) is 23.7. The van der Waals surface area contributed by atoms with Crippen LogP contribution >= 0.6 is 0 Å². The molecule has 3 aromatic rings. The highest BCUT2D eigenvalue weighted by atomic mass is 16.4. The lowest BCUT2D eigenvalue weighted by atomic mass is 9.83. The predicted octanol–water partition coefficient (Wildman–Crippen LogP) is 4.91. The fourth-order valence-corrected chi connectivity index (χ4v) is 7.87. The summed E-state index contributed by atoms with van der Waals surface area (Å²) in [5, 5.41) is 22.3. The number of fused-ring (bicyclic) bond motifs is 1. The number of hydrogen-bond donors (Lipinski definition) is 1. The lowest BCUT2D eigenvalue weighted by molar-refractivity contribution is -0.145. The maximum absolute atomic E-state index is 12.5. The maximum atomic E-state index is 12.5. The first-order valence-electron chi connectivity index (χ1n) is 15.6. The molecule has 1 saturated carbocycles. The molecule has 1 aliphatic carbocycles. The van der Waals surface area contributed by atoms with Gasteiger partial charge in [-0.1, -0.05) is 55.7 Å². The molecule has 8 heteroatoms. The number of benzene rings is 1. The van der Waals surface area contributed by atoms with Crippen LogP contribution < -0.4 is 0 Å². The molecule has 6 rings (SSSR count). The normalized spacial score (nSPS) is 24.5. The van der Waals surface area contributed by atoms with Gasteiger partial charge in [-0.05, 0) is 104 Å². The van der Waals surface area contributed by atoms with E-state index in [0.717, 1.165) is 70.0 Å². The summed E-state index contributed by atoms with van der Waals surface area (Å²) >= 11 is 0. The lowest BCUT2D eigenvalue weighted by Gasteiger charge is -2.35. The molecule has 0 spiro atoms. The lowest BCUT2D eigenvalue weighted by Crippen LogP contribution is -2.46. The van der Waals surface area contributed by atoms with Gasteiger partial charge < -0.3 is 10.0 Å². The second kappa shape index (κ2) is 12.8. The Balaban J connectivity index is 1.04. The largest absolute Gasteiger partial charge is 0.480 e. The molecule has 2 aromatic heterocycles. The van der Waals surface area contributed by atoms with Crippen molar-refractivity contribution in [2.75, 3.05) is 32.7 Å². The van der Waals surface area contributed by atoms with Crippen LogP contribution in [0.25, 0.3) is 5.65 Å². The first kappa shape index (κ1) is 27.3. The number of likely N-dealkylation sites (tertiary alicyclic amines) is 2. The molecule has 1 aromatic carbocycles. The van der Waals surface area contributed by atoms with Gasteiger partial charge in [0.2, 0.25) is 0 Å². The number of rotatable bonds is 10. The molecule has 0 bridgehead atoms. The monoisotopic (exact) mass is 544 g/mol. The van der Waals surface area contributed by atoms with Crippen molar-refractivity contribution in [1.82, 2.24) is 29.8 Å². The van der Waals surface area contributed by atoms with Crippen molar-refractivity contribution in [2.24, 2.45) is 17.8 Å². The van der Waals surface area contributed by atoms with Crippen LogP contribution in [0.15, 0.2) is 48.5 Å². The summed E-state index contributed by atoms with van der Waals surface area (Å²) in [7, 11) is 0. The first-order valence-corrected chi connectivity index (χ1v) is 15.6. The Hall–Kier alpha value is -2.84. The number of hydrogen-bond acceptors (Lipinski definition) is 6. The van der Waals surface area contributed by atoms with E-state index in [-0.39, 0.29) is 6.04 Å². The molecule has 3 aliphatic rings. The first-order chi connectivity index (χ1) is 19.7. The molecule has 4 heterocycles. The Morgan fingerprint density at radius 3 is 2.52 bits per heavy atom. The molecule has 1 N–H and O–H groups in total. The van der Waals surface area contributed by atoms with Gasteiger partial charge in [0.25, 0.3) is 0 Å². The third-order valence-corrected chi connectivity index (χ3v) is 9.98. The van der Waals surface area contributed by atoms with Crippen LogP contribution in [0.3, 0.4) is 0 Å². The molecule has 0 unspecified atom stereocenters. The number of nitrogens with zero attached hydrogens (tertiary/aromatic N) is 6. The molecule has 214 valence electrons. The van der Waals surface area contributed by atoms with Crippen molar-refractivity contribution >= 4 is 11.6 Å². The highest BCUT2D eigenvalue weighted by Gasteiger charge is 2.43. The average Bonchev–Trinajstić information content (AvgIpc) is 3.63. The van der Waals surface area contributed by atoms with E-state index in [2.05, 4.69) is 61.7 Å². The van der Waals surface area contributed by atoms with Gasteiger partial charge in [-0.15, -0.1) is 5.10 Å². The van der Waals surface area contributed by atoms with E-state index in [9.17, 15) is 9.90 Å². The molecule has 0 amide bonds. The molecule has 2 aliphatic heterocycles. The second-order valence-electron chi connectivity index (χ2n) is 12.5. The van der Waals surface area contributed by atoms with Gasteiger partial charge in [0.1, 0.15) is 6.04 Å². The highest BCUT2D eigenvalue weighted by Crippen LogP contribution is 2.38. The quantitative estimate of drug-likeness (QED) is 0.388. The van der Waals surface area contributed by atoms with Gasteiger partial charge in [-0.25, -0.2) is 0 Å². The number of carboxylic acid groups (broad SMARTS) is 1. The summed E-state index contributed by atoms with van der Waals surface area (Å²) < 4.78 is 1.86. The van der Waals surface area contributed by atoms with Crippen molar-refractivity contribution in [3.63, 3.8) is 0 Å². The Labute approximate surface area is 237 Å². The molecule has 3 atom stereocenters. The van der Waals surface area contributed by atoms with E-state index >= 15 is 0 Å². The topological polar surface area (TPSA) is 86.9 Å². The number of aromatic nitrogens is 4. The van der Waals surface area contributed by atoms with E-state index in [1.54, 1.807) is 0 Å². The zero-order chi connectivity index (χ0) is 27.3. The van der Waals surface area contributed by atoms with Crippen molar-refractivity contribution in [3.05, 3.63) is 59.8 Å². The van der Waals surface area contributed by atoms with Crippen LogP contribution in [0.1, 0.15) is 75.0 Å². The van der Waals surface area contributed by atoms with Gasteiger partial charge in [0.05, 0.1) is 0 Å². The van der Waals surface area contributed by atoms with Crippen LogP contribution in [0.5, 0.6) is 0 Å². The van der Waals surface area contributed by atoms with Gasteiger partial charge in [-0.3, -0.25) is 9.69 Å². The minimum Gasteiger partial charge on any atom is -0.480 e. The summed E-state index contributed by atoms with van der Waals surface area (Å²) in [6, 6.07) is 16.6. The van der Waals surface area contributed by atoms with Gasteiger partial charge in [0.15, 0.2) is 5.65 Å². The Bertz CT molecular complexity index is 1230. The molecular formula is C32H44N6O2. The Morgan fingerprint density at radius 2 is 1.75 bits per heavy atom. The van der Waals surface area contributed by atoms with E-state index in [1.165, 1.54) is 49.8 Å². The predicted molar refractivity (Wildman–Crippen MR) is 155 cm³/mol. The molecule has 8 nitrogen and oxygen atoms in total. The molecule has 3 fully saturated rings. The van der Waals surface area contributed by atoms with Gasteiger partial charge in [0, 0.05) is 31.2 Å². The van der Waals surface area contributed by atoms with E-state index in [0.29, 0.717) is 17.8 Å². The van der Waals surface area contributed by atoms with Crippen LogP contribution in [0.2, 0.25) is 0 Å². The number of piperidine rings is 1. The van der Waals surface area contributed by atoms with Gasteiger partial charge >= 0.3 is 5.97 Å². The summed E-state index contributed by atoms with van der Waals surface area (Å²) in [4.78, 5) is 17.5. The standard InChI is InChI=1S/C32H44N6O2/c39-32(40)31(26-12-5-2-6-13-26)37-22-27(29(23-37)25-10-3-1-4-11-25)21-36-19-17-24(18-20-36)9-7-14-28-15-8-16-30-33-34-35-38(28)30/h1,3-4,8,10-11,15-16,24,26-27,29,31H,2,5-7,9,12-14,17-23H2,(H,39,40)/t27-,29+,31+/m0/s1. The minimum atomic E-state index is -0.614. The summed E-state index contributed by atoms with van der Waals surface area (Å²) in [6.45, 7) is 5.13. The number of tetrazole rings is 1. The zero-order valence-corrected chi connectivity index (χ0v) is 23.7. The van der Waals surface area contributed by atoms with Crippen molar-refractivity contribution in [3.8, 4) is 0 Å². The highest BCUT2D eigenvalue weighted by molar-refractivity contribution is 5.74.